The Balaban J connectivity index is 2.31. The van der Waals surface area contributed by atoms with E-state index in [0.29, 0.717) is 29.3 Å². The average Bonchev–Trinajstić information content (AvgIpc) is 2.65. The highest BCUT2D eigenvalue weighted by molar-refractivity contribution is 7.99. The van der Waals surface area contributed by atoms with Crippen LogP contribution < -0.4 is 0 Å². The summed E-state index contributed by atoms with van der Waals surface area (Å²) in [5.74, 6) is 0.628. The summed E-state index contributed by atoms with van der Waals surface area (Å²) >= 11 is 1.37. The molecule has 0 unspecified atom stereocenters. The molecule has 0 saturated heterocycles. The maximum absolute atomic E-state index is 10.7. The molecule has 0 N–H and O–H groups in total. The molecule has 1 aromatic rings. The second-order valence-electron chi connectivity index (χ2n) is 2.45. The third kappa shape index (κ3) is 3.26. The lowest BCUT2D eigenvalue weighted by Crippen LogP contribution is -2.00. The highest BCUT2D eigenvalue weighted by atomic mass is 32.2. The molecule has 0 aliphatic heterocycles. The van der Waals surface area contributed by atoms with Crippen LogP contribution in [-0.2, 0) is 9.53 Å². The molecular weight excluding hydrogens is 204 g/mol. The summed E-state index contributed by atoms with van der Waals surface area (Å²) < 4.78 is 9.57. The van der Waals surface area contributed by atoms with Gasteiger partial charge in [0, 0.05) is 5.75 Å². The van der Waals surface area contributed by atoms with Crippen LogP contribution >= 0.6 is 11.8 Å². The van der Waals surface area contributed by atoms with Crippen LogP contribution in [-0.4, -0.2) is 25.1 Å². The van der Waals surface area contributed by atoms with Crippen LogP contribution in [0.25, 0.3) is 0 Å². The third-order valence-corrected chi connectivity index (χ3v) is 2.41. The first-order chi connectivity index (χ1) is 6.76. The number of ether oxygens (including phenoxy) is 1. The Morgan fingerprint density at radius 3 is 3.00 bits per heavy atom. The number of carbonyl (C=O) groups excluding carboxylic acids is 2. The zero-order valence-electron chi connectivity index (χ0n) is 7.69. The van der Waals surface area contributed by atoms with Crippen LogP contribution in [0.15, 0.2) is 21.6 Å². The molecule has 0 aliphatic rings. The molecule has 5 heteroatoms. The number of hydrogen-bond acceptors (Lipinski definition) is 5. The lowest BCUT2D eigenvalue weighted by molar-refractivity contribution is -0.140. The van der Waals surface area contributed by atoms with Gasteiger partial charge in [-0.15, -0.1) is 0 Å². The monoisotopic (exact) mass is 214 g/mol. The molecule has 0 bridgehead atoms. The maximum Gasteiger partial charge on any atom is 0.306 e. The van der Waals surface area contributed by atoms with Gasteiger partial charge in [0.1, 0.15) is 0 Å². The fourth-order valence-corrected chi connectivity index (χ4v) is 1.60. The standard InChI is InChI=1S/C9H10O4S/c1-12-8(11)4-5-14-9-3-2-7(6-10)13-9/h2-3,6H,4-5H2,1H3. The van der Waals surface area contributed by atoms with E-state index in [1.165, 1.54) is 18.9 Å². The molecule has 0 saturated carbocycles. The minimum absolute atomic E-state index is 0.250. The molecule has 0 amide bonds. The summed E-state index contributed by atoms with van der Waals surface area (Å²) in [5.41, 5.74) is 0. The number of esters is 1. The first kappa shape index (κ1) is 10.8. The van der Waals surface area contributed by atoms with E-state index in [2.05, 4.69) is 4.74 Å². The Hall–Kier alpha value is -1.23. The molecule has 1 rings (SSSR count). The predicted octanol–water partition coefficient (Wildman–Crippen LogP) is 1.75. The van der Waals surface area contributed by atoms with Crippen LogP contribution in [0.3, 0.4) is 0 Å². The fraction of sp³-hybridized carbons (Fsp3) is 0.333. The summed E-state index contributed by atoms with van der Waals surface area (Å²) in [5, 5.41) is 0.635. The van der Waals surface area contributed by atoms with Crippen LogP contribution in [0.2, 0.25) is 0 Å². The maximum atomic E-state index is 10.7. The number of carbonyl (C=O) groups is 2. The summed E-state index contributed by atoms with van der Waals surface area (Å²) in [6.45, 7) is 0. The number of furan rings is 1. The smallest absolute Gasteiger partial charge is 0.306 e. The third-order valence-electron chi connectivity index (χ3n) is 1.50. The number of hydrogen-bond donors (Lipinski definition) is 0. The van der Waals surface area contributed by atoms with Gasteiger partial charge in [0.15, 0.2) is 17.1 Å². The molecule has 0 aromatic carbocycles. The van der Waals surface area contributed by atoms with E-state index in [0.717, 1.165) is 0 Å². The van der Waals surface area contributed by atoms with Crippen molar-refractivity contribution in [1.29, 1.82) is 0 Å². The Morgan fingerprint density at radius 1 is 1.64 bits per heavy atom. The molecule has 76 valence electrons. The SMILES string of the molecule is COC(=O)CCSc1ccc(C=O)o1. The normalized spacial score (nSPS) is 9.79. The average molecular weight is 214 g/mol. The zero-order chi connectivity index (χ0) is 10.4. The van der Waals surface area contributed by atoms with Gasteiger partial charge in [-0.2, -0.15) is 0 Å². The van der Waals surface area contributed by atoms with E-state index >= 15 is 0 Å². The Kier molecular flexibility index (Phi) is 4.25. The number of thioether (sulfide) groups is 1. The van der Waals surface area contributed by atoms with Gasteiger partial charge in [-0.1, -0.05) is 11.8 Å². The van der Waals surface area contributed by atoms with Gasteiger partial charge >= 0.3 is 5.97 Å². The molecular formula is C9H10O4S. The molecule has 0 atom stereocenters. The van der Waals surface area contributed by atoms with E-state index in [4.69, 9.17) is 4.42 Å². The van der Waals surface area contributed by atoms with Gasteiger partial charge in [-0.25, -0.2) is 0 Å². The lowest BCUT2D eigenvalue weighted by Gasteiger charge is -1.96. The first-order valence-electron chi connectivity index (χ1n) is 4.01. The number of rotatable bonds is 5. The van der Waals surface area contributed by atoms with Gasteiger partial charge < -0.3 is 9.15 Å². The van der Waals surface area contributed by atoms with Crippen molar-refractivity contribution < 1.29 is 18.7 Å². The topological polar surface area (TPSA) is 56.5 Å². The molecule has 1 heterocycles. The van der Waals surface area contributed by atoms with Gasteiger partial charge in [0.25, 0.3) is 0 Å². The Morgan fingerprint density at radius 2 is 2.43 bits per heavy atom. The summed E-state index contributed by atoms with van der Waals surface area (Å²) in [4.78, 5) is 21.0. The van der Waals surface area contributed by atoms with Crippen LogP contribution in [0, 0.1) is 0 Å². The molecule has 14 heavy (non-hydrogen) atoms. The summed E-state index contributed by atoms with van der Waals surface area (Å²) in [6, 6.07) is 3.29. The zero-order valence-corrected chi connectivity index (χ0v) is 8.50. The van der Waals surface area contributed by atoms with Gasteiger partial charge in [-0.05, 0) is 12.1 Å². The van der Waals surface area contributed by atoms with Crippen LogP contribution in [0.5, 0.6) is 0 Å². The van der Waals surface area contributed by atoms with E-state index in [1.807, 2.05) is 0 Å². The van der Waals surface area contributed by atoms with Crippen molar-refractivity contribution in [1.82, 2.24) is 0 Å². The summed E-state index contributed by atoms with van der Waals surface area (Å²) in [7, 11) is 1.35. The molecule has 0 aliphatic carbocycles. The Labute approximate surface area is 85.6 Å². The van der Waals surface area contributed by atoms with Crippen molar-refractivity contribution in [2.45, 2.75) is 11.5 Å². The molecule has 4 nitrogen and oxygen atoms in total. The van der Waals surface area contributed by atoms with E-state index in [9.17, 15) is 9.59 Å². The number of aldehydes is 1. The molecule has 0 fully saturated rings. The van der Waals surface area contributed by atoms with Crippen molar-refractivity contribution in [2.75, 3.05) is 12.9 Å². The lowest BCUT2D eigenvalue weighted by atomic mass is 10.5. The minimum atomic E-state index is -0.250. The van der Waals surface area contributed by atoms with Crippen molar-refractivity contribution in [3.63, 3.8) is 0 Å². The summed E-state index contributed by atoms with van der Waals surface area (Å²) in [6.07, 6.45) is 0.975. The van der Waals surface area contributed by atoms with Crippen molar-refractivity contribution in [2.24, 2.45) is 0 Å². The van der Waals surface area contributed by atoms with Gasteiger partial charge in [-0.3, -0.25) is 9.59 Å². The van der Waals surface area contributed by atoms with Crippen LogP contribution in [0.4, 0.5) is 0 Å². The van der Waals surface area contributed by atoms with Gasteiger partial charge in [0.2, 0.25) is 0 Å². The second kappa shape index (κ2) is 5.49. The van der Waals surface area contributed by atoms with E-state index in [1.54, 1.807) is 12.1 Å². The number of methoxy groups -OCH3 is 1. The Bertz CT molecular complexity index is 318. The highest BCUT2D eigenvalue weighted by Crippen LogP contribution is 2.20. The first-order valence-corrected chi connectivity index (χ1v) is 4.99. The minimum Gasteiger partial charge on any atom is -0.469 e. The quantitative estimate of drug-likeness (QED) is 0.424. The van der Waals surface area contributed by atoms with Crippen LogP contribution in [0.1, 0.15) is 17.0 Å². The predicted molar refractivity (Wildman–Crippen MR) is 51.5 cm³/mol. The van der Waals surface area contributed by atoms with Crippen molar-refractivity contribution in [3.8, 4) is 0 Å². The van der Waals surface area contributed by atoms with Crippen molar-refractivity contribution >= 4 is 24.0 Å². The molecule has 0 spiro atoms. The van der Waals surface area contributed by atoms with E-state index in [-0.39, 0.29) is 5.97 Å². The van der Waals surface area contributed by atoms with E-state index < -0.39 is 0 Å². The van der Waals surface area contributed by atoms with Crippen molar-refractivity contribution in [3.05, 3.63) is 17.9 Å². The highest BCUT2D eigenvalue weighted by Gasteiger charge is 2.04. The molecule has 1 aromatic heterocycles. The van der Waals surface area contributed by atoms with Gasteiger partial charge in [0.05, 0.1) is 13.5 Å². The largest absolute Gasteiger partial charge is 0.469 e. The molecule has 0 radical (unpaired) electrons. The fourth-order valence-electron chi connectivity index (χ4n) is 0.812. The second-order valence-corrected chi connectivity index (χ2v) is 3.55.